The van der Waals surface area contributed by atoms with Crippen molar-refractivity contribution in [3.8, 4) is 5.88 Å². The first-order chi connectivity index (χ1) is 6.11. The van der Waals surface area contributed by atoms with Crippen LogP contribution >= 0.6 is 0 Å². The van der Waals surface area contributed by atoms with Crippen LogP contribution in [0.2, 0.25) is 0 Å². The Morgan fingerprint density at radius 3 is 2.62 bits per heavy atom. The molecule has 0 saturated carbocycles. The lowest BCUT2D eigenvalue weighted by Crippen LogP contribution is -2.34. The summed E-state index contributed by atoms with van der Waals surface area (Å²) in [6.07, 6.45) is 1.61. The second-order valence-corrected chi connectivity index (χ2v) is 2.71. The summed E-state index contributed by atoms with van der Waals surface area (Å²) in [5.74, 6) is -0.976. The molecule has 0 bridgehead atoms. The van der Waals surface area contributed by atoms with Gasteiger partial charge in [0.15, 0.2) is 0 Å². The van der Waals surface area contributed by atoms with Gasteiger partial charge in [-0.3, -0.25) is 4.79 Å². The monoisotopic (exact) mass is 183 g/mol. The zero-order chi connectivity index (χ0) is 10.0. The van der Waals surface area contributed by atoms with E-state index in [1.165, 1.54) is 4.57 Å². The number of nitrogens with two attached hydrogens (primary N) is 1. The van der Waals surface area contributed by atoms with Crippen molar-refractivity contribution in [3.63, 3.8) is 0 Å². The number of rotatable bonds is 3. The van der Waals surface area contributed by atoms with E-state index < -0.39 is 5.91 Å². The van der Waals surface area contributed by atoms with Gasteiger partial charge in [0.05, 0.1) is 13.1 Å². The molecule has 0 saturated heterocycles. The molecule has 5 nitrogen and oxygen atoms in total. The van der Waals surface area contributed by atoms with E-state index in [0.29, 0.717) is 13.1 Å². The second-order valence-electron chi connectivity index (χ2n) is 2.71. The average Bonchev–Trinajstić information content (AvgIpc) is 2.41. The van der Waals surface area contributed by atoms with Crippen molar-refractivity contribution in [2.24, 2.45) is 5.73 Å². The molecular weight excluding hydrogens is 170 g/mol. The molecule has 0 aliphatic heterocycles. The zero-order valence-corrected chi connectivity index (χ0v) is 7.78. The molecule has 0 radical (unpaired) electrons. The van der Waals surface area contributed by atoms with E-state index in [4.69, 9.17) is 5.73 Å². The van der Waals surface area contributed by atoms with E-state index in [-0.39, 0.29) is 11.6 Å². The fourth-order valence-corrected chi connectivity index (χ4v) is 1.25. The minimum atomic E-state index is -0.668. The van der Waals surface area contributed by atoms with E-state index in [1.807, 2.05) is 13.8 Å². The molecule has 0 aliphatic carbocycles. The Hall–Kier alpha value is -1.52. The van der Waals surface area contributed by atoms with Gasteiger partial charge in [-0.25, -0.2) is 9.13 Å². The van der Waals surface area contributed by atoms with E-state index in [0.717, 1.165) is 0 Å². The molecule has 0 atom stereocenters. The molecule has 0 aromatic carbocycles. The smallest absolute Gasteiger partial charge is 0.291 e. The van der Waals surface area contributed by atoms with E-state index >= 15 is 0 Å². The number of carbonyl (C=O) groups excluding carboxylic acids is 1. The standard InChI is InChI=1S/C8H13N3O2/c1-3-10-5-11(4-2)8(13)6(10)7(9)12/h5H,3-4H2,1-2H3,(H2-,9,12,13). The van der Waals surface area contributed by atoms with Gasteiger partial charge in [-0.1, -0.05) is 0 Å². The maximum absolute atomic E-state index is 11.5. The van der Waals surface area contributed by atoms with Crippen molar-refractivity contribution < 1.29 is 14.5 Å². The highest BCUT2D eigenvalue weighted by atomic mass is 16.3. The first kappa shape index (κ1) is 9.57. The molecule has 0 spiro atoms. The first-order valence-corrected chi connectivity index (χ1v) is 4.21. The first-order valence-electron chi connectivity index (χ1n) is 4.21. The zero-order valence-electron chi connectivity index (χ0n) is 7.78. The lowest BCUT2D eigenvalue weighted by molar-refractivity contribution is -0.731. The summed E-state index contributed by atoms with van der Waals surface area (Å²) in [6.45, 7) is 4.81. The van der Waals surface area contributed by atoms with Crippen LogP contribution < -0.4 is 15.4 Å². The van der Waals surface area contributed by atoms with Crippen molar-refractivity contribution >= 4 is 5.91 Å². The normalized spacial score (nSPS) is 10.3. The Labute approximate surface area is 76.4 Å². The van der Waals surface area contributed by atoms with Gasteiger partial charge < -0.3 is 10.8 Å². The van der Waals surface area contributed by atoms with Crippen LogP contribution in [0.4, 0.5) is 0 Å². The fourth-order valence-electron chi connectivity index (χ4n) is 1.25. The summed E-state index contributed by atoms with van der Waals surface area (Å²) in [5.41, 5.74) is 5.15. The van der Waals surface area contributed by atoms with Crippen LogP contribution in [0.25, 0.3) is 0 Å². The number of aryl methyl sites for hydroxylation is 2. The minimum absolute atomic E-state index is 0.0596. The third-order valence-corrected chi connectivity index (χ3v) is 1.94. The fraction of sp³-hybridized carbons (Fsp3) is 0.500. The number of primary amides is 1. The van der Waals surface area contributed by atoms with Crippen LogP contribution in [-0.4, -0.2) is 10.5 Å². The summed E-state index contributed by atoms with van der Waals surface area (Å²) in [7, 11) is 0. The van der Waals surface area contributed by atoms with E-state index in [1.54, 1.807) is 10.9 Å². The lowest BCUT2D eigenvalue weighted by atomic mass is 10.4. The van der Waals surface area contributed by atoms with Gasteiger partial charge in [-0.05, 0) is 13.8 Å². The van der Waals surface area contributed by atoms with Gasteiger partial charge in [0.1, 0.15) is 5.88 Å². The Morgan fingerprint density at radius 1 is 1.69 bits per heavy atom. The van der Waals surface area contributed by atoms with Crippen molar-refractivity contribution in [1.82, 2.24) is 4.57 Å². The molecule has 1 amide bonds. The SMILES string of the molecule is CCn1c[n+](CC)c([O-])c1C(N)=O. The molecule has 0 fully saturated rings. The Kier molecular flexibility index (Phi) is 2.55. The van der Waals surface area contributed by atoms with Gasteiger partial charge in [-0.2, -0.15) is 0 Å². The molecule has 1 rings (SSSR count). The number of aromatic nitrogens is 2. The van der Waals surface area contributed by atoms with Crippen molar-refractivity contribution in [2.75, 3.05) is 0 Å². The van der Waals surface area contributed by atoms with Gasteiger partial charge >= 0.3 is 0 Å². The molecule has 1 heterocycles. The number of amides is 1. The van der Waals surface area contributed by atoms with E-state index in [2.05, 4.69) is 0 Å². The minimum Gasteiger partial charge on any atom is -0.839 e. The summed E-state index contributed by atoms with van der Waals surface area (Å²) in [6, 6.07) is 0. The van der Waals surface area contributed by atoms with Crippen LogP contribution in [0.15, 0.2) is 6.33 Å². The van der Waals surface area contributed by atoms with Crippen molar-refractivity contribution in [1.29, 1.82) is 0 Å². The molecule has 2 N–H and O–H groups in total. The number of hydrogen-bond donors (Lipinski definition) is 1. The second kappa shape index (κ2) is 3.47. The number of hydrogen-bond acceptors (Lipinski definition) is 2. The van der Waals surface area contributed by atoms with Crippen LogP contribution in [0.5, 0.6) is 5.88 Å². The predicted octanol–water partition coefficient (Wildman–Crippen LogP) is -1.01. The third-order valence-electron chi connectivity index (χ3n) is 1.94. The lowest BCUT2D eigenvalue weighted by Gasteiger charge is -2.02. The molecule has 0 aliphatic rings. The maximum atomic E-state index is 11.5. The van der Waals surface area contributed by atoms with Crippen LogP contribution in [0.3, 0.4) is 0 Å². The highest BCUT2D eigenvalue weighted by Gasteiger charge is 2.19. The topological polar surface area (TPSA) is 75.0 Å². The molecule has 1 aromatic heterocycles. The highest BCUT2D eigenvalue weighted by Crippen LogP contribution is 2.08. The average molecular weight is 183 g/mol. The summed E-state index contributed by atoms with van der Waals surface area (Å²) in [5, 5.41) is 11.5. The molecule has 1 aromatic rings. The number of imidazole rings is 1. The maximum Gasteiger partial charge on any atom is 0.291 e. The summed E-state index contributed by atoms with van der Waals surface area (Å²) < 4.78 is 3.03. The summed E-state index contributed by atoms with van der Waals surface area (Å²) in [4.78, 5) is 10.9. The van der Waals surface area contributed by atoms with Crippen LogP contribution in [0, 0.1) is 0 Å². The molecular formula is C8H13N3O2. The summed E-state index contributed by atoms with van der Waals surface area (Å²) >= 11 is 0. The van der Waals surface area contributed by atoms with Gasteiger partial charge in [0.2, 0.25) is 12.0 Å². The van der Waals surface area contributed by atoms with Crippen molar-refractivity contribution in [2.45, 2.75) is 26.9 Å². The van der Waals surface area contributed by atoms with E-state index in [9.17, 15) is 9.90 Å². The third kappa shape index (κ3) is 1.49. The van der Waals surface area contributed by atoms with Gasteiger partial charge in [-0.15, -0.1) is 0 Å². The quantitative estimate of drug-likeness (QED) is 0.609. The number of carbonyl (C=O) groups is 1. The molecule has 13 heavy (non-hydrogen) atoms. The van der Waals surface area contributed by atoms with Crippen molar-refractivity contribution in [3.05, 3.63) is 12.0 Å². The number of nitrogens with zero attached hydrogens (tertiary/aromatic N) is 2. The van der Waals surface area contributed by atoms with Gasteiger partial charge in [0.25, 0.3) is 5.91 Å². The Morgan fingerprint density at radius 2 is 2.31 bits per heavy atom. The largest absolute Gasteiger partial charge is 0.839 e. The molecule has 72 valence electrons. The Bertz CT molecular complexity index is 330. The predicted molar refractivity (Wildman–Crippen MR) is 43.9 cm³/mol. The molecule has 5 heteroatoms. The molecule has 0 unspecified atom stereocenters. The van der Waals surface area contributed by atoms with Crippen LogP contribution in [-0.2, 0) is 13.1 Å². The van der Waals surface area contributed by atoms with Crippen LogP contribution in [0.1, 0.15) is 24.3 Å². The Balaban J connectivity index is 3.28. The highest BCUT2D eigenvalue weighted by molar-refractivity contribution is 5.92. The van der Waals surface area contributed by atoms with Gasteiger partial charge in [0, 0.05) is 0 Å².